The summed E-state index contributed by atoms with van der Waals surface area (Å²) in [7, 11) is -4.04. The van der Waals surface area contributed by atoms with Gasteiger partial charge in [0.1, 0.15) is 5.60 Å². The van der Waals surface area contributed by atoms with Crippen LogP contribution in [0.5, 0.6) is 0 Å². The molecule has 0 N–H and O–H groups in total. The van der Waals surface area contributed by atoms with E-state index in [4.69, 9.17) is 4.74 Å². The minimum absolute atomic E-state index is 0.0792. The van der Waals surface area contributed by atoms with Gasteiger partial charge in [0.2, 0.25) is 0 Å². The molecule has 1 aromatic carbocycles. The molecule has 152 valence electrons. The second kappa shape index (κ2) is 9.40. The Balaban J connectivity index is 3.32. The van der Waals surface area contributed by atoms with E-state index in [1.807, 2.05) is 26.0 Å². The maximum Gasteiger partial charge on any atom is 0.424 e. The predicted octanol–water partition coefficient (Wildman–Crippen LogP) is 5.30. The summed E-state index contributed by atoms with van der Waals surface area (Å²) in [5.74, 6) is -0.149. The Labute approximate surface area is 164 Å². The van der Waals surface area contributed by atoms with Crippen molar-refractivity contribution in [2.24, 2.45) is 5.92 Å². The minimum atomic E-state index is -4.04. The average molecular weight is 396 g/mol. The van der Waals surface area contributed by atoms with Crippen LogP contribution in [0.1, 0.15) is 59.9 Å². The Morgan fingerprint density at radius 1 is 1.19 bits per heavy atom. The van der Waals surface area contributed by atoms with Crippen molar-refractivity contribution in [1.29, 1.82) is 0 Å². The quantitative estimate of drug-likeness (QED) is 0.588. The summed E-state index contributed by atoms with van der Waals surface area (Å²) in [4.78, 5) is 12.9. The first kappa shape index (κ1) is 23.2. The van der Waals surface area contributed by atoms with E-state index in [2.05, 4.69) is 6.92 Å². The van der Waals surface area contributed by atoms with Crippen molar-refractivity contribution in [2.75, 3.05) is 0 Å². The highest BCUT2D eigenvalue weighted by Crippen LogP contribution is 2.25. The van der Waals surface area contributed by atoms with Crippen LogP contribution in [0.3, 0.4) is 0 Å². The van der Waals surface area contributed by atoms with Crippen LogP contribution in [-0.2, 0) is 14.8 Å². The lowest BCUT2D eigenvalue weighted by atomic mass is 10.0. The number of hydrogen-bond donors (Lipinski definition) is 0. The first-order valence-electron chi connectivity index (χ1n) is 9.41. The Bertz CT molecular complexity index is 745. The number of unbranched alkanes of at least 4 members (excludes halogenated alkanes) is 1. The summed E-state index contributed by atoms with van der Waals surface area (Å²) < 4.78 is 32.8. The van der Waals surface area contributed by atoms with Gasteiger partial charge in [-0.05, 0) is 59.1 Å². The van der Waals surface area contributed by atoms with Crippen LogP contribution >= 0.6 is 0 Å². The molecule has 2 atom stereocenters. The number of carbonyl (C=O) groups is 1. The van der Waals surface area contributed by atoms with Crippen molar-refractivity contribution >= 4 is 16.1 Å². The zero-order valence-electron chi connectivity index (χ0n) is 17.5. The lowest BCUT2D eigenvalue weighted by Gasteiger charge is -2.33. The van der Waals surface area contributed by atoms with Crippen molar-refractivity contribution in [1.82, 2.24) is 4.31 Å². The predicted molar refractivity (Wildman–Crippen MR) is 109 cm³/mol. The number of aryl methyl sites for hydroxylation is 1. The monoisotopic (exact) mass is 395 g/mol. The van der Waals surface area contributed by atoms with Gasteiger partial charge in [0.25, 0.3) is 10.0 Å². The Morgan fingerprint density at radius 3 is 2.22 bits per heavy atom. The van der Waals surface area contributed by atoms with E-state index in [-0.39, 0.29) is 10.8 Å². The molecule has 27 heavy (non-hydrogen) atoms. The molecule has 5 nitrogen and oxygen atoms in total. The Kier molecular flexibility index (Phi) is 8.08. The van der Waals surface area contributed by atoms with Gasteiger partial charge in [-0.15, -0.1) is 0 Å². The third-order valence-corrected chi connectivity index (χ3v) is 6.04. The molecule has 1 amide bonds. The molecule has 0 bridgehead atoms. The molecule has 0 unspecified atom stereocenters. The number of ether oxygens (including phenoxy) is 1. The third kappa shape index (κ3) is 6.69. The maximum absolute atomic E-state index is 13.2. The van der Waals surface area contributed by atoms with Gasteiger partial charge >= 0.3 is 6.09 Å². The normalized spacial score (nSPS) is 14.8. The molecule has 0 aromatic heterocycles. The van der Waals surface area contributed by atoms with Gasteiger partial charge in [-0.25, -0.2) is 13.2 Å². The fourth-order valence-corrected chi connectivity index (χ4v) is 4.04. The fraction of sp³-hybridized carbons (Fsp3) is 0.571. The molecule has 0 aliphatic heterocycles. The van der Waals surface area contributed by atoms with Gasteiger partial charge in [0, 0.05) is 0 Å². The highest BCUT2D eigenvalue weighted by atomic mass is 32.2. The number of allylic oxidation sites excluding steroid dienone is 1. The van der Waals surface area contributed by atoms with E-state index in [1.54, 1.807) is 39.8 Å². The highest BCUT2D eigenvalue weighted by molar-refractivity contribution is 7.89. The molecular formula is C21H33NO4S. The van der Waals surface area contributed by atoms with Gasteiger partial charge in [-0.3, -0.25) is 0 Å². The molecule has 0 saturated heterocycles. The van der Waals surface area contributed by atoms with Crippen molar-refractivity contribution in [3.05, 3.63) is 42.0 Å². The summed E-state index contributed by atoms with van der Waals surface area (Å²) >= 11 is 0. The first-order valence-corrected chi connectivity index (χ1v) is 10.8. The van der Waals surface area contributed by atoms with Crippen LogP contribution in [-0.4, -0.2) is 30.5 Å². The molecule has 0 heterocycles. The van der Waals surface area contributed by atoms with E-state index < -0.39 is 27.8 Å². The molecule has 0 saturated carbocycles. The fourth-order valence-electron chi connectivity index (χ4n) is 2.47. The van der Waals surface area contributed by atoms with E-state index in [9.17, 15) is 13.2 Å². The van der Waals surface area contributed by atoms with E-state index >= 15 is 0 Å². The molecule has 0 aliphatic rings. The van der Waals surface area contributed by atoms with E-state index in [1.165, 1.54) is 12.1 Å². The number of sulfonamides is 1. The average Bonchev–Trinajstić information content (AvgIpc) is 2.53. The molecule has 1 rings (SSSR count). The van der Waals surface area contributed by atoms with E-state index in [0.717, 1.165) is 22.7 Å². The summed E-state index contributed by atoms with van der Waals surface area (Å²) in [6.45, 7) is 12.7. The molecule has 6 heteroatoms. The van der Waals surface area contributed by atoms with E-state index in [0.29, 0.717) is 0 Å². The second-order valence-electron chi connectivity index (χ2n) is 7.91. The smallest absolute Gasteiger partial charge is 0.424 e. The Hall–Kier alpha value is -1.82. The molecule has 0 spiro atoms. The topological polar surface area (TPSA) is 63.7 Å². The zero-order chi connectivity index (χ0) is 20.8. The largest absolute Gasteiger partial charge is 0.443 e. The third-order valence-electron chi connectivity index (χ3n) is 4.18. The van der Waals surface area contributed by atoms with Gasteiger partial charge in [0.15, 0.2) is 0 Å². The maximum atomic E-state index is 13.2. The number of amides is 1. The number of nitrogens with zero attached hydrogens (tertiary/aromatic N) is 1. The molecule has 0 radical (unpaired) electrons. The van der Waals surface area contributed by atoms with Crippen molar-refractivity contribution in [3.63, 3.8) is 0 Å². The van der Waals surface area contributed by atoms with Crippen molar-refractivity contribution < 1.29 is 17.9 Å². The molecule has 0 aliphatic carbocycles. The number of hydrogen-bond acceptors (Lipinski definition) is 4. The van der Waals surface area contributed by atoms with Gasteiger partial charge < -0.3 is 4.74 Å². The first-order chi connectivity index (χ1) is 12.4. The van der Waals surface area contributed by atoms with Gasteiger partial charge in [-0.2, -0.15) is 4.31 Å². The van der Waals surface area contributed by atoms with Crippen LogP contribution in [0.2, 0.25) is 0 Å². The lowest BCUT2D eigenvalue weighted by molar-refractivity contribution is 0.0328. The lowest BCUT2D eigenvalue weighted by Crippen LogP contribution is -2.47. The number of carbonyl (C=O) groups excluding carboxylic acids is 1. The van der Waals surface area contributed by atoms with Crippen LogP contribution < -0.4 is 0 Å². The van der Waals surface area contributed by atoms with Crippen molar-refractivity contribution in [3.8, 4) is 0 Å². The van der Waals surface area contributed by atoms with Crippen LogP contribution in [0.25, 0.3) is 0 Å². The summed E-state index contributed by atoms with van der Waals surface area (Å²) in [5, 5.41) is 0. The zero-order valence-corrected chi connectivity index (χ0v) is 18.3. The van der Waals surface area contributed by atoms with Crippen LogP contribution in [0, 0.1) is 12.8 Å². The molecule has 0 fully saturated rings. The SMILES string of the molecule is CCC/C=C\[C@@H](C)[C@H](C)N(C(=O)OC(C)(C)C)S(=O)(=O)c1ccc(C)cc1. The van der Waals surface area contributed by atoms with Gasteiger partial charge in [0.05, 0.1) is 10.9 Å². The second-order valence-corrected chi connectivity index (χ2v) is 9.73. The summed E-state index contributed by atoms with van der Waals surface area (Å²) in [5.41, 5.74) is 0.153. The number of benzene rings is 1. The van der Waals surface area contributed by atoms with Crippen LogP contribution in [0.15, 0.2) is 41.3 Å². The van der Waals surface area contributed by atoms with Gasteiger partial charge in [-0.1, -0.05) is 50.1 Å². The summed E-state index contributed by atoms with van der Waals surface area (Å²) in [6, 6.07) is 5.89. The molecule has 1 aromatic rings. The molecular weight excluding hydrogens is 362 g/mol. The van der Waals surface area contributed by atoms with Crippen LogP contribution in [0.4, 0.5) is 4.79 Å². The summed E-state index contributed by atoms with van der Waals surface area (Å²) in [6.07, 6.45) is 5.04. The highest BCUT2D eigenvalue weighted by Gasteiger charge is 2.38. The number of rotatable bonds is 7. The minimum Gasteiger partial charge on any atom is -0.443 e. The Morgan fingerprint density at radius 2 is 1.74 bits per heavy atom. The standard InChI is InChI=1S/C21H33NO4S/c1-8-9-10-11-17(3)18(4)22(20(23)26-21(5,6)7)27(24,25)19-14-12-16(2)13-15-19/h10-15,17-18H,8-9H2,1-7H3/b11-10-/t17-,18+/m1/s1. The van der Waals surface area contributed by atoms with Crippen molar-refractivity contribution in [2.45, 2.75) is 77.8 Å².